The highest BCUT2D eigenvalue weighted by atomic mass is 32.2. The van der Waals surface area contributed by atoms with E-state index in [4.69, 9.17) is 4.74 Å². The summed E-state index contributed by atoms with van der Waals surface area (Å²) in [5, 5.41) is 5.11. The minimum absolute atomic E-state index is 0.135. The van der Waals surface area contributed by atoms with Crippen molar-refractivity contribution in [3.05, 3.63) is 78.4 Å². The average molecular weight is 379 g/mol. The van der Waals surface area contributed by atoms with Crippen LogP contribution in [0.25, 0.3) is 10.8 Å². The van der Waals surface area contributed by atoms with Gasteiger partial charge in [-0.05, 0) is 35.4 Å². The molecule has 0 saturated carbocycles. The van der Waals surface area contributed by atoms with Crippen LogP contribution < -0.4 is 5.32 Å². The Labute approximate surface area is 162 Å². The first kappa shape index (κ1) is 19.0. The molecule has 1 N–H and O–H groups in total. The zero-order valence-electron chi connectivity index (χ0n) is 15.1. The Balaban J connectivity index is 1.43. The molecule has 4 nitrogen and oxygen atoms in total. The molecular formula is C22H21NO3S. The molecule has 0 spiro atoms. The van der Waals surface area contributed by atoms with Gasteiger partial charge < -0.3 is 10.1 Å². The van der Waals surface area contributed by atoms with Gasteiger partial charge in [0.25, 0.3) is 5.91 Å². The fourth-order valence-corrected chi connectivity index (χ4v) is 3.44. The Bertz CT molecular complexity index is 927. The van der Waals surface area contributed by atoms with Crippen molar-refractivity contribution in [2.24, 2.45) is 0 Å². The lowest BCUT2D eigenvalue weighted by Crippen LogP contribution is -2.31. The Kier molecular flexibility index (Phi) is 6.49. The average Bonchev–Trinajstić information content (AvgIpc) is 2.71. The topological polar surface area (TPSA) is 55.4 Å². The molecule has 138 valence electrons. The van der Waals surface area contributed by atoms with E-state index in [1.165, 1.54) is 11.8 Å². The van der Waals surface area contributed by atoms with Gasteiger partial charge in [-0.15, -0.1) is 11.8 Å². The van der Waals surface area contributed by atoms with Gasteiger partial charge in [-0.2, -0.15) is 0 Å². The van der Waals surface area contributed by atoms with Crippen LogP contribution >= 0.6 is 11.8 Å². The molecule has 0 saturated heterocycles. The summed E-state index contributed by atoms with van der Waals surface area (Å²) >= 11 is 1.40. The van der Waals surface area contributed by atoms with Gasteiger partial charge in [0, 0.05) is 4.90 Å². The quantitative estimate of drug-likeness (QED) is 0.490. The molecule has 0 aliphatic heterocycles. The van der Waals surface area contributed by atoms with E-state index in [1.807, 2.05) is 79.7 Å². The van der Waals surface area contributed by atoms with Gasteiger partial charge in [0.05, 0.1) is 11.8 Å². The molecule has 5 heteroatoms. The normalized spacial score (nSPS) is 11.7. The number of carbonyl (C=O) groups is 2. The molecular weight excluding hydrogens is 358 g/mol. The van der Waals surface area contributed by atoms with Crippen molar-refractivity contribution in [3.63, 3.8) is 0 Å². The number of hydrogen-bond acceptors (Lipinski definition) is 4. The van der Waals surface area contributed by atoms with E-state index in [1.54, 1.807) is 0 Å². The molecule has 3 aromatic carbocycles. The Hall–Kier alpha value is -2.79. The number of esters is 1. The largest absolute Gasteiger partial charge is 0.455 e. The van der Waals surface area contributed by atoms with Gasteiger partial charge in [-0.1, -0.05) is 60.7 Å². The first-order valence-electron chi connectivity index (χ1n) is 8.73. The third kappa shape index (κ3) is 5.59. The molecule has 3 aromatic rings. The Morgan fingerprint density at radius 2 is 1.67 bits per heavy atom. The smallest absolute Gasteiger partial charge is 0.316 e. The second-order valence-corrected chi connectivity index (χ2v) is 7.21. The molecule has 0 heterocycles. The summed E-state index contributed by atoms with van der Waals surface area (Å²) in [6.07, 6.45) is 0. The molecule has 0 aromatic heterocycles. The van der Waals surface area contributed by atoms with Crippen molar-refractivity contribution in [1.82, 2.24) is 5.32 Å². The van der Waals surface area contributed by atoms with E-state index in [0.717, 1.165) is 21.2 Å². The first-order chi connectivity index (χ1) is 13.1. The summed E-state index contributed by atoms with van der Waals surface area (Å²) in [5.74, 6) is -0.550. The number of rotatable bonds is 7. The Morgan fingerprint density at radius 1 is 0.963 bits per heavy atom. The molecule has 27 heavy (non-hydrogen) atoms. The summed E-state index contributed by atoms with van der Waals surface area (Å²) in [6, 6.07) is 23.6. The number of nitrogens with one attached hydrogen (secondary N) is 1. The van der Waals surface area contributed by atoms with Crippen molar-refractivity contribution in [1.29, 1.82) is 0 Å². The minimum atomic E-state index is -0.407. The van der Waals surface area contributed by atoms with Gasteiger partial charge in [0.1, 0.15) is 0 Å². The number of benzene rings is 3. The van der Waals surface area contributed by atoms with E-state index in [2.05, 4.69) is 5.32 Å². The molecule has 0 unspecified atom stereocenters. The van der Waals surface area contributed by atoms with Crippen molar-refractivity contribution >= 4 is 34.4 Å². The van der Waals surface area contributed by atoms with Crippen LogP contribution in [0.3, 0.4) is 0 Å². The fraction of sp³-hybridized carbons (Fsp3) is 0.182. The van der Waals surface area contributed by atoms with Crippen LogP contribution in [0.2, 0.25) is 0 Å². The summed E-state index contributed by atoms with van der Waals surface area (Å²) < 4.78 is 5.08. The van der Waals surface area contributed by atoms with Crippen molar-refractivity contribution in [3.8, 4) is 0 Å². The number of carbonyl (C=O) groups excluding carboxylic acids is 2. The standard InChI is InChI=1S/C22H21NO3S/c1-16(17-7-3-2-4-8-17)23-21(24)14-26-22(25)15-27-20-12-11-18-9-5-6-10-19(18)13-20/h2-13,16H,14-15H2,1H3,(H,23,24)/t16-/m0/s1. The van der Waals surface area contributed by atoms with Gasteiger partial charge in [0.15, 0.2) is 6.61 Å². The van der Waals surface area contributed by atoms with Crippen LogP contribution in [0.5, 0.6) is 0 Å². The summed E-state index contributed by atoms with van der Waals surface area (Å²) in [5.41, 5.74) is 1.00. The first-order valence-corrected chi connectivity index (χ1v) is 9.72. The second-order valence-electron chi connectivity index (χ2n) is 6.16. The highest BCUT2D eigenvalue weighted by Gasteiger charge is 2.12. The maximum absolute atomic E-state index is 12.0. The van der Waals surface area contributed by atoms with Crippen LogP contribution in [0.4, 0.5) is 0 Å². The SMILES string of the molecule is C[C@H](NC(=O)COC(=O)CSc1ccc2ccccc2c1)c1ccccc1. The number of amides is 1. The van der Waals surface area contributed by atoms with Crippen LogP contribution in [0.1, 0.15) is 18.5 Å². The molecule has 1 amide bonds. The highest BCUT2D eigenvalue weighted by Crippen LogP contribution is 2.23. The van der Waals surface area contributed by atoms with Crippen molar-refractivity contribution < 1.29 is 14.3 Å². The monoisotopic (exact) mass is 379 g/mol. The lowest BCUT2D eigenvalue weighted by atomic mass is 10.1. The zero-order valence-corrected chi connectivity index (χ0v) is 15.9. The molecule has 0 aliphatic rings. The van der Waals surface area contributed by atoms with Gasteiger partial charge in [-0.3, -0.25) is 9.59 Å². The molecule has 0 bridgehead atoms. The summed E-state index contributed by atoms with van der Waals surface area (Å²) in [4.78, 5) is 24.9. The van der Waals surface area contributed by atoms with E-state index >= 15 is 0 Å². The van der Waals surface area contributed by atoms with E-state index in [9.17, 15) is 9.59 Å². The van der Waals surface area contributed by atoms with Gasteiger partial charge >= 0.3 is 5.97 Å². The van der Waals surface area contributed by atoms with Crippen LogP contribution in [-0.2, 0) is 14.3 Å². The van der Waals surface area contributed by atoms with E-state index in [0.29, 0.717) is 0 Å². The molecule has 3 rings (SSSR count). The van der Waals surface area contributed by atoms with Gasteiger partial charge in [-0.25, -0.2) is 0 Å². The molecule has 0 aliphatic carbocycles. The molecule has 0 fully saturated rings. The predicted octanol–water partition coefficient (Wildman–Crippen LogP) is 4.35. The van der Waals surface area contributed by atoms with Gasteiger partial charge in [0.2, 0.25) is 0 Å². The zero-order chi connectivity index (χ0) is 19.1. The van der Waals surface area contributed by atoms with Crippen LogP contribution in [0, 0.1) is 0 Å². The van der Waals surface area contributed by atoms with E-state index in [-0.39, 0.29) is 24.3 Å². The third-order valence-corrected chi connectivity index (χ3v) is 5.09. The van der Waals surface area contributed by atoms with Crippen LogP contribution in [0.15, 0.2) is 77.7 Å². The number of ether oxygens (including phenoxy) is 1. The van der Waals surface area contributed by atoms with Crippen molar-refractivity contribution in [2.75, 3.05) is 12.4 Å². The van der Waals surface area contributed by atoms with Crippen LogP contribution in [-0.4, -0.2) is 24.2 Å². The fourth-order valence-electron chi connectivity index (χ4n) is 2.70. The van der Waals surface area contributed by atoms with E-state index < -0.39 is 5.97 Å². The number of thioether (sulfide) groups is 1. The lowest BCUT2D eigenvalue weighted by molar-refractivity contribution is -0.146. The second kappa shape index (κ2) is 9.24. The predicted molar refractivity (Wildman–Crippen MR) is 109 cm³/mol. The maximum Gasteiger partial charge on any atom is 0.316 e. The number of fused-ring (bicyclic) bond motifs is 1. The lowest BCUT2D eigenvalue weighted by Gasteiger charge is -2.14. The molecule has 1 atom stereocenters. The maximum atomic E-state index is 12.0. The number of hydrogen-bond donors (Lipinski definition) is 1. The minimum Gasteiger partial charge on any atom is -0.455 e. The van der Waals surface area contributed by atoms with Crippen molar-refractivity contribution in [2.45, 2.75) is 17.9 Å². The molecule has 0 radical (unpaired) electrons. The summed E-state index contributed by atoms with van der Waals surface area (Å²) in [6.45, 7) is 1.62. The Morgan fingerprint density at radius 3 is 2.44 bits per heavy atom. The summed E-state index contributed by atoms with van der Waals surface area (Å²) in [7, 11) is 0. The third-order valence-electron chi connectivity index (χ3n) is 4.12. The highest BCUT2D eigenvalue weighted by molar-refractivity contribution is 8.00.